The van der Waals surface area contributed by atoms with Crippen LogP contribution in [0.25, 0.3) is 0 Å². The van der Waals surface area contributed by atoms with Gasteiger partial charge in [-0.15, -0.1) is 0 Å². The van der Waals surface area contributed by atoms with Gasteiger partial charge in [-0.3, -0.25) is 24.1 Å². The number of hydrogen-bond acceptors (Lipinski definition) is 4. The maximum atomic E-state index is 12.3. The van der Waals surface area contributed by atoms with Crippen molar-refractivity contribution in [2.45, 2.75) is 26.2 Å². The number of rotatable bonds is 6. The Hall–Kier alpha value is -3.48. The summed E-state index contributed by atoms with van der Waals surface area (Å²) < 4.78 is 0. The van der Waals surface area contributed by atoms with Crippen LogP contribution >= 0.6 is 0 Å². The number of hydrogen-bond donors (Lipinski definition) is 1. The molecule has 0 bridgehead atoms. The number of benzene rings is 2. The van der Waals surface area contributed by atoms with Crippen LogP contribution in [0.4, 0.5) is 11.4 Å². The van der Waals surface area contributed by atoms with Crippen molar-refractivity contribution in [3.8, 4) is 0 Å². The zero-order valence-electron chi connectivity index (χ0n) is 16.1. The second-order valence-electron chi connectivity index (χ2n) is 7.12. The summed E-state index contributed by atoms with van der Waals surface area (Å²) in [6.45, 7) is 2.75. The highest BCUT2D eigenvalue weighted by Gasteiger charge is 2.34. The third-order valence-corrected chi connectivity index (χ3v) is 5.28. The quantitative estimate of drug-likeness (QED) is 0.767. The van der Waals surface area contributed by atoms with Crippen LogP contribution in [0.15, 0.2) is 42.5 Å². The molecule has 0 fully saturated rings. The normalized spacial score (nSPS) is 15.0. The standard InChI is InChI=1S/C22H21N3O4/c1-2-24-18-10-9-15(12-14(18)13-20(24)27)23-19(26)8-5-11-25-21(28)16-6-3-4-7-17(16)22(25)29/h3-4,6-7,9-10,12H,2,5,8,11,13H2,1H3,(H,23,26). The molecule has 1 N–H and O–H groups in total. The molecular weight excluding hydrogens is 370 g/mol. The highest BCUT2D eigenvalue weighted by Crippen LogP contribution is 2.31. The summed E-state index contributed by atoms with van der Waals surface area (Å²) >= 11 is 0. The van der Waals surface area contributed by atoms with Gasteiger partial charge in [0.05, 0.1) is 17.5 Å². The number of imide groups is 1. The molecule has 0 radical (unpaired) electrons. The summed E-state index contributed by atoms with van der Waals surface area (Å²) in [7, 11) is 0. The van der Waals surface area contributed by atoms with Gasteiger partial charge in [0.1, 0.15) is 0 Å². The van der Waals surface area contributed by atoms with Crippen molar-refractivity contribution in [2.24, 2.45) is 0 Å². The molecule has 29 heavy (non-hydrogen) atoms. The van der Waals surface area contributed by atoms with E-state index in [1.807, 2.05) is 19.1 Å². The van der Waals surface area contributed by atoms with Crippen LogP contribution in [0.1, 0.15) is 46.0 Å². The van der Waals surface area contributed by atoms with Crippen molar-refractivity contribution in [1.82, 2.24) is 4.90 Å². The molecule has 2 heterocycles. The summed E-state index contributed by atoms with van der Waals surface area (Å²) in [5.74, 6) is -0.755. The number of anilines is 2. The predicted octanol–water partition coefficient (Wildman–Crippen LogP) is 2.61. The molecule has 0 saturated carbocycles. The largest absolute Gasteiger partial charge is 0.326 e. The zero-order valence-corrected chi connectivity index (χ0v) is 16.1. The summed E-state index contributed by atoms with van der Waals surface area (Å²) in [4.78, 5) is 51.8. The van der Waals surface area contributed by atoms with Crippen molar-refractivity contribution in [1.29, 1.82) is 0 Å². The third kappa shape index (κ3) is 3.40. The first-order valence-corrected chi connectivity index (χ1v) is 9.68. The van der Waals surface area contributed by atoms with E-state index in [2.05, 4.69) is 5.32 Å². The first-order chi connectivity index (χ1) is 14.0. The molecule has 2 aromatic carbocycles. The topological polar surface area (TPSA) is 86.8 Å². The van der Waals surface area contributed by atoms with Crippen molar-refractivity contribution >= 4 is 35.0 Å². The van der Waals surface area contributed by atoms with Crippen LogP contribution in [0, 0.1) is 0 Å². The number of likely N-dealkylation sites (N-methyl/N-ethyl adjacent to an activating group) is 1. The van der Waals surface area contributed by atoms with Gasteiger partial charge in [-0.25, -0.2) is 0 Å². The monoisotopic (exact) mass is 391 g/mol. The van der Waals surface area contributed by atoms with E-state index in [0.717, 1.165) is 11.3 Å². The van der Waals surface area contributed by atoms with Crippen LogP contribution in [0.5, 0.6) is 0 Å². The van der Waals surface area contributed by atoms with Gasteiger partial charge in [-0.05, 0) is 49.2 Å². The molecule has 0 atom stereocenters. The van der Waals surface area contributed by atoms with Crippen LogP contribution < -0.4 is 10.2 Å². The van der Waals surface area contributed by atoms with Gasteiger partial charge in [-0.1, -0.05) is 12.1 Å². The van der Waals surface area contributed by atoms with E-state index < -0.39 is 0 Å². The van der Waals surface area contributed by atoms with E-state index in [-0.39, 0.29) is 36.6 Å². The molecule has 0 aromatic heterocycles. The molecule has 4 amide bonds. The van der Waals surface area contributed by atoms with E-state index in [1.165, 1.54) is 4.90 Å². The highest BCUT2D eigenvalue weighted by molar-refractivity contribution is 6.21. The summed E-state index contributed by atoms with van der Waals surface area (Å²) in [5.41, 5.74) is 3.26. The number of carbonyl (C=O) groups is 4. The molecule has 2 aliphatic rings. The SMILES string of the molecule is CCN1C(=O)Cc2cc(NC(=O)CCCN3C(=O)c4ccccc4C3=O)ccc21. The second-order valence-corrected chi connectivity index (χ2v) is 7.12. The Kier molecular flexibility index (Phi) is 4.88. The Morgan fingerprint density at radius 1 is 1.00 bits per heavy atom. The van der Waals surface area contributed by atoms with E-state index >= 15 is 0 Å². The lowest BCUT2D eigenvalue weighted by atomic mass is 10.1. The first kappa shape index (κ1) is 18.9. The number of nitrogens with zero attached hydrogens (tertiary/aromatic N) is 2. The van der Waals surface area contributed by atoms with E-state index in [0.29, 0.717) is 36.2 Å². The molecule has 0 unspecified atom stereocenters. The van der Waals surface area contributed by atoms with Gasteiger partial charge >= 0.3 is 0 Å². The number of fused-ring (bicyclic) bond motifs is 2. The van der Waals surface area contributed by atoms with Gasteiger partial charge in [0.2, 0.25) is 11.8 Å². The number of nitrogens with one attached hydrogen (secondary N) is 1. The highest BCUT2D eigenvalue weighted by atomic mass is 16.2. The minimum Gasteiger partial charge on any atom is -0.326 e. The lowest BCUT2D eigenvalue weighted by molar-refractivity contribution is -0.117. The lowest BCUT2D eigenvalue weighted by Crippen LogP contribution is -2.31. The minimum absolute atomic E-state index is 0.0620. The third-order valence-electron chi connectivity index (χ3n) is 5.28. The molecule has 0 aliphatic carbocycles. The van der Waals surface area contributed by atoms with Gasteiger partial charge in [0.25, 0.3) is 11.8 Å². The summed E-state index contributed by atoms with van der Waals surface area (Å²) in [5, 5.41) is 2.83. The van der Waals surface area contributed by atoms with Crippen molar-refractivity contribution in [3.63, 3.8) is 0 Å². The molecule has 0 saturated heterocycles. The molecule has 2 aliphatic heterocycles. The molecule has 2 aromatic rings. The average molecular weight is 391 g/mol. The second kappa shape index (κ2) is 7.50. The smallest absolute Gasteiger partial charge is 0.261 e. The van der Waals surface area contributed by atoms with Crippen molar-refractivity contribution in [3.05, 3.63) is 59.2 Å². The van der Waals surface area contributed by atoms with E-state index in [4.69, 9.17) is 0 Å². The Labute approximate surface area is 168 Å². The Morgan fingerprint density at radius 2 is 1.69 bits per heavy atom. The van der Waals surface area contributed by atoms with Gasteiger partial charge in [-0.2, -0.15) is 0 Å². The number of carbonyl (C=O) groups excluding carboxylic acids is 4. The molecule has 7 nitrogen and oxygen atoms in total. The summed E-state index contributed by atoms with van der Waals surface area (Å²) in [6, 6.07) is 12.2. The predicted molar refractivity (Wildman–Crippen MR) is 108 cm³/mol. The van der Waals surface area contributed by atoms with Gasteiger partial charge < -0.3 is 10.2 Å². The maximum Gasteiger partial charge on any atom is 0.261 e. The fraction of sp³-hybridized carbons (Fsp3) is 0.273. The molecule has 7 heteroatoms. The Bertz CT molecular complexity index is 995. The van der Waals surface area contributed by atoms with Crippen molar-refractivity contribution < 1.29 is 19.2 Å². The first-order valence-electron chi connectivity index (χ1n) is 9.68. The van der Waals surface area contributed by atoms with Gasteiger partial charge in [0.15, 0.2) is 0 Å². The average Bonchev–Trinajstić information content (AvgIpc) is 3.15. The van der Waals surface area contributed by atoms with Crippen LogP contribution in [-0.2, 0) is 16.0 Å². The Morgan fingerprint density at radius 3 is 2.34 bits per heavy atom. The molecule has 0 spiro atoms. The van der Waals surface area contributed by atoms with E-state index in [1.54, 1.807) is 35.2 Å². The fourth-order valence-electron chi connectivity index (χ4n) is 3.87. The fourth-order valence-corrected chi connectivity index (χ4v) is 3.87. The number of amides is 4. The maximum absolute atomic E-state index is 12.3. The van der Waals surface area contributed by atoms with Crippen molar-refractivity contribution in [2.75, 3.05) is 23.3 Å². The molecule has 4 rings (SSSR count). The molecular formula is C22H21N3O4. The lowest BCUT2D eigenvalue weighted by Gasteiger charge is -2.15. The van der Waals surface area contributed by atoms with Crippen LogP contribution in [0.2, 0.25) is 0 Å². The van der Waals surface area contributed by atoms with Crippen LogP contribution in [0.3, 0.4) is 0 Å². The van der Waals surface area contributed by atoms with E-state index in [9.17, 15) is 19.2 Å². The minimum atomic E-state index is -0.310. The van der Waals surface area contributed by atoms with Crippen LogP contribution in [-0.4, -0.2) is 41.6 Å². The molecule has 148 valence electrons. The Balaban J connectivity index is 1.32. The zero-order chi connectivity index (χ0) is 20.5. The van der Waals surface area contributed by atoms with Gasteiger partial charge in [0, 0.05) is 30.9 Å². The summed E-state index contributed by atoms with van der Waals surface area (Å²) in [6.07, 6.45) is 0.904.